The Bertz CT molecular complexity index is 676. The summed E-state index contributed by atoms with van der Waals surface area (Å²) >= 11 is 2.69. The third-order valence-corrected chi connectivity index (χ3v) is 5.50. The van der Waals surface area contributed by atoms with E-state index in [-0.39, 0.29) is 22.8 Å². The van der Waals surface area contributed by atoms with E-state index in [9.17, 15) is 9.59 Å². The van der Waals surface area contributed by atoms with Crippen molar-refractivity contribution < 1.29 is 9.59 Å². The van der Waals surface area contributed by atoms with E-state index >= 15 is 0 Å². The van der Waals surface area contributed by atoms with Crippen molar-refractivity contribution in [2.75, 3.05) is 16.4 Å². The van der Waals surface area contributed by atoms with Crippen LogP contribution in [0.25, 0.3) is 0 Å². The summed E-state index contributed by atoms with van der Waals surface area (Å²) in [7, 11) is 0. The largest absolute Gasteiger partial charge is 0.325 e. The van der Waals surface area contributed by atoms with Crippen LogP contribution in [0.15, 0.2) is 30.3 Å². The third kappa shape index (κ3) is 5.61. The third-order valence-electron chi connectivity index (χ3n) is 3.14. The van der Waals surface area contributed by atoms with Crippen LogP contribution in [0.3, 0.4) is 0 Å². The first-order chi connectivity index (χ1) is 11.6. The molecule has 128 valence electrons. The highest BCUT2D eigenvalue weighted by Gasteiger charge is 2.20. The van der Waals surface area contributed by atoms with Crippen LogP contribution in [0.5, 0.6) is 0 Å². The fraction of sp³-hybridized carbons (Fsp3) is 0.375. The summed E-state index contributed by atoms with van der Waals surface area (Å²) in [5.74, 6) is -0.0487. The zero-order valence-electron chi connectivity index (χ0n) is 13.6. The monoisotopic (exact) mass is 364 g/mol. The number of anilines is 2. The highest BCUT2D eigenvalue weighted by atomic mass is 32.2. The molecule has 1 atom stereocenters. The van der Waals surface area contributed by atoms with Gasteiger partial charge in [-0.15, -0.1) is 22.0 Å². The zero-order chi connectivity index (χ0) is 17.4. The molecule has 0 fully saturated rings. The molecule has 1 aromatic heterocycles. The standard InChI is InChI=1S/C16H20N4O2S2/c1-3-12(15(22)18-16-20-19-14(4-2)24-16)23-10-13(21)17-11-8-6-5-7-9-11/h5-9,12H,3-4,10H2,1-2H3,(H,17,21)(H,18,20,22). The number of benzene rings is 1. The summed E-state index contributed by atoms with van der Waals surface area (Å²) in [6.45, 7) is 3.91. The normalized spacial score (nSPS) is 11.8. The fourth-order valence-corrected chi connectivity index (χ4v) is 3.46. The molecule has 0 aliphatic heterocycles. The van der Waals surface area contributed by atoms with Gasteiger partial charge in [-0.3, -0.25) is 14.9 Å². The predicted molar refractivity (Wildman–Crippen MR) is 99.5 cm³/mol. The van der Waals surface area contributed by atoms with Gasteiger partial charge in [-0.2, -0.15) is 0 Å². The highest BCUT2D eigenvalue weighted by Crippen LogP contribution is 2.20. The number of hydrogen-bond acceptors (Lipinski definition) is 6. The number of rotatable bonds is 8. The molecule has 0 spiro atoms. The fourth-order valence-electron chi connectivity index (χ4n) is 1.91. The Morgan fingerprint density at radius 2 is 1.92 bits per heavy atom. The van der Waals surface area contributed by atoms with Crippen molar-refractivity contribution in [3.05, 3.63) is 35.3 Å². The number of thioether (sulfide) groups is 1. The zero-order valence-corrected chi connectivity index (χ0v) is 15.2. The molecule has 1 aromatic carbocycles. The molecular formula is C16H20N4O2S2. The van der Waals surface area contributed by atoms with Gasteiger partial charge in [0.05, 0.1) is 11.0 Å². The number of nitrogens with one attached hydrogen (secondary N) is 2. The van der Waals surface area contributed by atoms with E-state index in [4.69, 9.17) is 0 Å². The summed E-state index contributed by atoms with van der Waals surface area (Å²) in [5.41, 5.74) is 0.751. The lowest BCUT2D eigenvalue weighted by Crippen LogP contribution is -2.26. The summed E-state index contributed by atoms with van der Waals surface area (Å²) in [6, 6.07) is 9.26. The molecule has 0 saturated heterocycles. The van der Waals surface area contributed by atoms with E-state index in [1.54, 1.807) is 0 Å². The van der Waals surface area contributed by atoms with Crippen molar-refractivity contribution in [1.82, 2.24) is 10.2 Å². The van der Waals surface area contributed by atoms with Gasteiger partial charge >= 0.3 is 0 Å². The lowest BCUT2D eigenvalue weighted by Gasteiger charge is -2.13. The molecular weight excluding hydrogens is 344 g/mol. The van der Waals surface area contributed by atoms with Crippen molar-refractivity contribution in [1.29, 1.82) is 0 Å². The van der Waals surface area contributed by atoms with E-state index in [1.807, 2.05) is 44.2 Å². The van der Waals surface area contributed by atoms with E-state index in [2.05, 4.69) is 20.8 Å². The average molecular weight is 364 g/mol. The number of amides is 2. The van der Waals surface area contributed by atoms with Crippen molar-refractivity contribution in [2.45, 2.75) is 31.9 Å². The van der Waals surface area contributed by atoms with Gasteiger partial charge < -0.3 is 5.32 Å². The number of carbonyl (C=O) groups excluding carboxylic acids is 2. The molecule has 2 rings (SSSR count). The maximum Gasteiger partial charge on any atom is 0.239 e. The molecule has 0 saturated carbocycles. The molecule has 2 aromatic rings. The minimum atomic E-state index is -0.305. The number of para-hydroxylation sites is 1. The Labute approximate surface area is 149 Å². The molecule has 8 heteroatoms. The molecule has 0 radical (unpaired) electrons. The van der Waals surface area contributed by atoms with Crippen LogP contribution in [0.4, 0.5) is 10.8 Å². The maximum absolute atomic E-state index is 12.3. The Morgan fingerprint density at radius 1 is 1.17 bits per heavy atom. The van der Waals surface area contributed by atoms with Crippen LogP contribution in [0.1, 0.15) is 25.3 Å². The Kier molecular flexibility index (Phi) is 7.20. The Balaban J connectivity index is 1.82. The quantitative estimate of drug-likeness (QED) is 0.751. The van der Waals surface area contributed by atoms with Crippen molar-refractivity contribution >= 4 is 45.7 Å². The van der Waals surface area contributed by atoms with Crippen LogP contribution < -0.4 is 10.6 Å². The van der Waals surface area contributed by atoms with Crippen molar-refractivity contribution in [2.24, 2.45) is 0 Å². The second kappa shape index (κ2) is 9.39. The van der Waals surface area contributed by atoms with Gasteiger partial charge in [-0.1, -0.05) is 43.4 Å². The van der Waals surface area contributed by atoms with E-state index < -0.39 is 0 Å². The number of hydrogen-bond donors (Lipinski definition) is 2. The molecule has 1 heterocycles. The Morgan fingerprint density at radius 3 is 2.54 bits per heavy atom. The lowest BCUT2D eigenvalue weighted by molar-refractivity contribution is -0.115. The molecule has 0 aliphatic carbocycles. The summed E-state index contributed by atoms with van der Waals surface area (Å²) in [6.07, 6.45) is 1.42. The van der Waals surface area contributed by atoms with Gasteiger partial charge in [0.1, 0.15) is 5.01 Å². The van der Waals surface area contributed by atoms with Crippen LogP contribution in [-0.2, 0) is 16.0 Å². The smallest absolute Gasteiger partial charge is 0.239 e. The SMILES string of the molecule is CCc1nnc(NC(=O)C(CC)SCC(=O)Nc2ccccc2)s1. The number of nitrogens with zero attached hydrogens (tertiary/aromatic N) is 2. The van der Waals surface area contributed by atoms with Crippen molar-refractivity contribution in [3.8, 4) is 0 Å². The summed E-state index contributed by atoms with van der Waals surface area (Å²) in [4.78, 5) is 24.3. The van der Waals surface area contributed by atoms with Crippen LogP contribution >= 0.6 is 23.1 Å². The van der Waals surface area contributed by atoms with Gasteiger partial charge in [-0.05, 0) is 25.0 Å². The summed E-state index contributed by atoms with van der Waals surface area (Å²) < 4.78 is 0. The molecule has 0 aliphatic rings. The predicted octanol–water partition coefficient (Wildman–Crippen LogP) is 3.19. The second-order valence-electron chi connectivity index (χ2n) is 4.97. The van der Waals surface area contributed by atoms with Crippen molar-refractivity contribution in [3.63, 3.8) is 0 Å². The van der Waals surface area contributed by atoms with Gasteiger partial charge in [0, 0.05) is 5.69 Å². The Hall–Kier alpha value is -1.93. The summed E-state index contributed by atoms with van der Waals surface area (Å²) in [5, 5.41) is 14.6. The molecule has 6 nitrogen and oxygen atoms in total. The maximum atomic E-state index is 12.3. The van der Waals surface area contributed by atoms with Crippen LogP contribution in [0.2, 0.25) is 0 Å². The molecule has 1 unspecified atom stereocenters. The lowest BCUT2D eigenvalue weighted by atomic mass is 10.3. The molecule has 2 amide bonds. The first kappa shape index (κ1) is 18.4. The first-order valence-corrected chi connectivity index (χ1v) is 9.58. The van der Waals surface area contributed by atoms with Crippen LogP contribution in [0, 0.1) is 0 Å². The van der Waals surface area contributed by atoms with Gasteiger partial charge in [0.2, 0.25) is 16.9 Å². The molecule has 24 heavy (non-hydrogen) atoms. The highest BCUT2D eigenvalue weighted by molar-refractivity contribution is 8.01. The number of aromatic nitrogens is 2. The minimum Gasteiger partial charge on any atom is -0.325 e. The molecule has 0 bridgehead atoms. The van der Waals surface area contributed by atoms with E-state index in [1.165, 1.54) is 23.1 Å². The van der Waals surface area contributed by atoms with E-state index in [0.717, 1.165) is 17.1 Å². The minimum absolute atomic E-state index is 0.123. The van der Waals surface area contributed by atoms with Gasteiger partial charge in [0.25, 0.3) is 0 Å². The van der Waals surface area contributed by atoms with Gasteiger partial charge in [-0.25, -0.2) is 0 Å². The topological polar surface area (TPSA) is 84.0 Å². The van der Waals surface area contributed by atoms with E-state index in [0.29, 0.717) is 11.6 Å². The number of aryl methyl sites for hydroxylation is 1. The van der Waals surface area contributed by atoms with Gasteiger partial charge in [0.15, 0.2) is 0 Å². The number of carbonyl (C=O) groups is 2. The average Bonchev–Trinajstić information content (AvgIpc) is 3.04. The molecule has 2 N–H and O–H groups in total. The van der Waals surface area contributed by atoms with Crippen LogP contribution in [-0.4, -0.2) is 33.0 Å². The first-order valence-electron chi connectivity index (χ1n) is 7.72. The second-order valence-corrected chi connectivity index (χ2v) is 7.22.